The van der Waals surface area contributed by atoms with E-state index in [0.29, 0.717) is 39.3 Å². The molecular weight excluding hydrogens is 264 g/mol. The van der Waals surface area contributed by atoms with Gasteiger partial charge in [0.25, 0.3) is 0 Å². The largest absolute Gasteiger partial charge is 0.391 e. The predicted octanol–water partition coefficient (Wildman–Crippen LogP) is 0.798. The quantitative estimate of drug-likeness (QED) is 0.563. The maximum Gasteiger partial charge on any atom is 0.346 e. The minimum absolute atomic E-state index is 0.246. The third-order valence-electron chi connectivity index (χ3n) is 3.88. The van der Waals surface area contributed by atoms with Crippen LogP contribution in [0.25, 0.3) is 0 Å². The van der Waals surface area contributed by atoms with Crippen LogP contribution in [-0.2, 0) is 28.5 Å². The number of hydrogen-bond acceptors (Lipinski definition) is 6. The minimum Gasteiger partial charge on any atom is -0.391 e. The third-order valence-corrected chi connectivity index (χ3v) is 3.88. The van der Waals surface area contributed by atoms with Crippen molar-refractivity contribution in [1.29, 1.82) is 0 Å². The topological polar surface area (TPSA) is 71.1 Å². The molecule has 2 fully saturated rings. The molecule has 0 N–H and O–H groups in total. The zero-order valence-corrected chi connectivity index (χ0v) is 11.3. The fraction of sp³-hybridized carbons (Fsp3) is 0.714. The van der Waals surface area contributed by atoms with Gasteiger partial charge in [0.2, 0.25) is 0 Å². The molecule has 0 bridgehead atoms. The van der Waals surface area contributed by atoms with Crippen LogP contribution < -0.4 is 0 Å². The predicted molar refractivity (Wildman–Crippen MR) is 66.1 cm³/mol. The van der Waals surface area contributed by atoms with Gasteiger partial charge in [0.1, 0.15) is 7.11 Å². The second-order valence-electron chi connectivity index (χ2n) is 5.17. The van der Waals surface area contributed by atoms with Crippen molar-refractivity contribution in [1.82, 2.24) is 0 Å². The van der Waals surface area contributed by atoms with E-state index in [2.05, 4.69) is 0 Å². The minimum atomic E-state index is -1.32. The van der Waals surface area contributed by atoms with Crippen molar-refractivity contribution in [3.63, 3.8) is 0 Å². The van der Waals surface area contributed by atoms with Gasteiger partial charge < -0.3 is 18.9 Å². The second kappa shape index (κ2) is 6.20. The van der Waals surface area contributed by atoms with Crippen LogP contribution in [0.15, 0.2) is 0 Å². The summed E-state index contributed by atoms with van der Waals surface area (Å²) in [5.41, 5.74) is -2.51. The summed E-state index contributed by atoms with van der Waals surface area (Å²) in [6, 6.07) is 0. The lowest BCUT2D eigenvalue weighted by Crippen LogP contribution is -2.49. The lowest BCUT2D eigenvalue weighted by atomic mass is 9.82. The fourth-order valence-electron chi connectivity index (χ4n) is 2.29. The van der Waals surface area contributed by atoms with Crippen LogP contribution in [-0.4, -0.2) is 44.0 Å². The molecule has 0 spiro atoms. The van der Waals surface area contributed by atoms with Crippen molar-refractivity contribution in [2.24, 2.45) is 5.41 Å². The Balaban J connectivity index is 2.00. The first-order chi connectivity index (χ1) is 9.52. The molecule has 4 radical (unpaired) electrons. The number of carbonyl (C=O) groups is 2. The first kappa shape index (κ1) is 15.4. The number of esters is 2. The van der Waals surface area contributed by atoms with Crippen LogP contribution in [0.2, 0.25) is 0 Å². The highest BCUT2D eigenvalue weighted by atomic mass is 16.6. The molecule has 0 aromatic heterocycles. The van der Waals surface area contributed by atoms with E-state index in [4.69, 9.17) is 33.0 Å². The van der Waals surface area contributed by atoms with Gasteiger partial charge in [-0.2, -0.15) is 0 Å². The summed E-state index contributed by atoms with van der Waals surface area (Å²) in [7, 11) is 5.21. The van der Waals surface area contributed by atoms with Crippen LogP contribution in [0.5, 0.6) is 0 Å². The van der Waals surface area contributed by atoms with Crippen molar-refractivity contribution < 1.29 is 28.5 Å². The lowest BCUT2D eigenvalue weighted by molar-refractivity contribution is -0.187. The Morgan fingerprint density at radius 3 is 1.90 bits per heavy atom. The molecule has 6 heteroatoms. The molecule has 2 aliphatic rings. The van der Waals surface area contributed by atoms with Crippen molar-refractivity contribution in [2.75, 3.05) is 26.4 Å². The lowest BCUT2D eigenvalue weighted by Gasteiger charge is -2.35. The molecule has 2 heterocycles. The summed E-state index contributed by atoms with van der Waals surface area (Å²) in [6.07, 6.45) is 1.13. The van der Waals surface area contributed by atoms with Gasteiger partial charge in [0.05, 0.1) is 5.41 Å². The number of rotatable bonds is 3. The molecule has 2 saturated heterocycles. The highest BCUT2D eigenvalue weighted by Gasteiger charge is 2.46. The van der Waals surface area contributed by atoms with E-state index in [-0.39, 0.29) is 12.8 Å². The summed E-state index contributed by atoms with van der Waals surface area (Å²) in [5.74, 6) is -1.56. The zero-order chi connectivity index (χ0) is 14.6. The maximum absolute atomic E-state index is 12.2. The summed E-state index contributed by atoms with van der Waals surface area (Å²) in [4.78, 5) is 24.2. The standard InChI is InChI=1S/C14H18O6/c1-13(3-7-18-8-4-13)11(15)20-12(16)14(17-2)5-9-19-10-6-14/h1-2H,3-10H2. The van der Waals surface area contributed by atoms with Crippen LogP contribution in [0.3, 0.4) is 0 Å². The third kappa shape index (κ3) is 3.02. The monoisotopic (exact) mass is 282 g/mol. The fourth-order valence-corrected chi connectivity index (χ4v) is 2.29. The smallest absolute Gasteiger partial charge is 0.346 e. The molecule has 0 unspecified atom stereocenters. The van der Waals surface area contributed by atoms with E-state index >= 15 is 0 Å². The van der Waals surface area contributed by atoms with Gasteiger partial charge in [-0.1, -0.05) is 0 Å². The van der Waals surface area contributed by atoms with Crippen LogP contribution >= 0.6 is 0 Å². The van der Waals surface area contributed by atoms with Gasteiger partial charge in [0, 0.05) is 39.3 Å². The first-order valence-electron chi connectivity index (χ1n) is 6.61. The molecule has 0 aromatic carbocycles. The zero-order valence-electron chi connectivity index (χ0n) is 11.3. The van der Waals surface area contributed by atoms with E-state index in [1.54, 1.807) is 0 Å². The van der Waals surface area contributed by atoms with E-state index < -0.39 is 23.0 Å². The Labute approximate surface area is 118 Å². The number of hydrogen-bond donors (Lipinski definition) is 0. The van der Waals surface area contributed by atoms with E-state index in [1.165, 1.54) is 0 Å². The highest BCUT2D eigenvalue weighted by molar-refractivity contribution is 5.93. The van der Waals surface area contributed by atoms with Crippen molar-refractivity contribution in [3.05, 3.63) is 14.0 Å². The molecule has 0 atom stereocenters. The molecule has 0 aliphatic carbocycles. The Morgan fingerprint density at radius 2 is 1.40 bits per heavy atom. The van der Waals surface area contributed by atoms with Crippen LogP contribution in [0.4, 0.5) is 0 Å². The van der Waals surface area contributed by atoms with Gasteiger partial charge in [-0.3, -0.25) is 4.79 Å². The summed E-state index contributed by atoms with van der Waals surface area (Å²) < 4.78 is 20.0. The molecule has 2 rings (SSSR count). The van der Waals surface area contributed by atoms with Crippen molar-refractivity contribution >= 4 is 11.9 Å². The molecule has 20 heavy (non-hydrogen) atoms. The maximum atomic E-state index is 12.2. The number of ether oxygens (including phenoxy) is 4. The molecule has 2 aliphatic heterocycles. The van der Waals surface area contributed by atoms with Crippen LogP contribution in [0, 0.1) is 19.4 Å². The second-order valence-corrected chi connectivity index (χ2v) is 5.17. The summed E-state index contributed by atoms with van der Waals surface area (Å²) in [6.45, 7) is 7.34. The molecule has 110 valence electrons. The summed E-state index contributed by atoms with van der Waals surface area (Å²) in [5, 5.41) is 0. The Morgan fingerprint density at radius 1 is 0.900 bits per heavy atom. The Kier molecular flexibility index (Phi) is 4.78. The SMILES string of the molecule is [CH]OC1(C(=O)OC(=O)C2([CH])CCOCC2)CCOCC1. The van der Waals surface area contributed by atoms with Gasteiger partial charge in [-0.25, -0.2) is 4.79 Å². The van der Waals surface area contributed by atoms with Gasteiger partial charge >= 0.3 is 11.9 Å². The molecule has 0 aromatic rings. The average Bonchev–Trinajstić information content (AvgIpc) is 2.48. The Bertz CT molecular complexity index is 366. The van der Waals surface area contributed by atoms with Gasteiger partial charge in [-0.05, 0) is 19.8 Å². The molecule has 0 saturated carbocycles. The van der Waals surface area contributed by atoms with Crippen molar-refractivity contribution in [2.45, 2.75) is 31.3 Å². The van der Waals surface area contributed by atoms with E-state index in [1.807, 2.05) is 0 Å². The van der Waals surface area contributed by atoms with Crippen molar-refractivity contribution in [3.8, 4) is 0 Å². The first-order valence-corrected chi connectivity index (χ1v) is 6.61. The van der Waals surface area contributed by atoms with E-state index in [9.17, 15) is 9.59 Å². The summed E-state index contributed by atoms with van der Waals surface area (Å²) >= 11 is 0. The highest BCUT2D eigenvalue weighted by Crippen LogP contribution is 2.33. The average molecular weight is 282 g/mol. The van der Waals surface area contributed by atoms with E-state index in [0.717, 1.165) is 0 Å². The molecular formula is C14H18O6. The van der Waals surface area contributed by atoms with Gasteiger partial charge in [0.15, 0.2) is 5.60 Å². The molecule has 6 nitrogen and oxygen atoms in total. The molecule has 0 amide bonds. The number of carbonyl (C=O) groups excluding carboxylic acids is 2. The van der Waals surface area contributed by atoms with Crippen LogP contribution in [0.1, 0.15) is 25.7 Å². The normalized spacial score (nSPS) is 24.9. The van der Waals surface area contributed by atoms with Gasteiger partial charge in [-0.15, -0.1) is 0 Å². The Hall–Kier alpha value is -0.980.